The van der Waals surface area contributed by atoms with Crippen molar-refractivity contribution in [1.82, 2.24) is 19.5 Å². The van der Waals surface area contributed by atoms with Gasteiger partial charge < -0.3 is 0 Å². The van der Waals surface area contributed by atoms with Crippen LogP contribution < -0.4 is 4.72 Å². The molecule has 114 valence electrons. The third kappa shape index (κ3) is 2.52. The highest BCUT2D eigenvalue weighted by Crippen LogP contribution is 2.35. The van der Waals surface area contributed by atoms with E-state index in [-0.39, 0.29) is 16.2 Å². The molecule has 3 rings (SSSR count). The number of nitrogens with zero attached hydrogens (tertiary/aromatic N) is 3. The van der Waals surface area contributed by atoms with Crippen LogP contribution in [0.4, 0.5) is 13.2 Å². The molecule has 1 atom stereocenters. The molecule has 10 heteroatoms. The number of halogens is 3. The molecule has 0 spiro atoms. The summed E-state index contributed by atoms with van der Waals surface area (Å²) in [6.07, 6.45) is -0.0380. The van der Waals surface area contributed by atoms with Gasteiger partial charge in [0.2, 0.25) is 0 Å². The third-order valence-corrected chi connectivity index (χ3v) is 3.90. The Morgan fingerprint density at radius 3 is 2.73 bits per heavy atom. The first-order valence-corrected chi connectivity index (χ1v) is 7.03. The van der Waals surface area contributed by atoms with Crippen LogP contribution in [0.3, 0.4) is 0 Å². The molecule has 22 heavy (non-hydrogen) atoms. The Labute approximate surface area is 124 Å². The Bertz CT molecular complexity index is 813. The van der Waals surface area contributed by atoms with E-state index < -0.39 is 28.8 Å². The van der Waals surface area contributed by atoms with Crippen molar-refractivity contribution in [2.45, 2.75) is 6.18 Å². The van der Waals surface area contributed by atoms with Crippen molar-refractivity contribution in [3.63, 3.8) is 0 Å². The highest BCUT2D eigenvalue weighted by atomic mass is 32.2. The molecule has 1 N–H and O–H groups in total. The fraction of sp³-hybridized carbons (Fsp3) is 0.0833. The minimum absolute atomic E-state index is 0.0497. The molecular formula is C12H7F3N4O2S. The van der Waals surface area contributed by atoms with Crippen LogP contribution in [0.25, 0.3) is 16.2 Å². The molecule has 1 unspecified atom stereocenters. The van der Waals surface area contributed by atoms with Gasteiger partial charge in [-0.05, 0) is 6.07 Å². The SMILES string of the molecule is O=C1C=C(n2cc(-c3cccnc3C(F)(F)F)cn2)S(=O)N1. The van der Waals surface area contributed by atoms with Crippen LogP contribution in [-0.2, 0) is 22.0 Å². The van der Waals surface area contributed by atoms with Crippen LogP contribution >= 0.6 is 0 Å². The molecule has 1 aliphatic heterocycles. The van der Waals surface area contributed by atoms with E-state index in [1.807, 2.05) is 0 Å². The fourth-order valence-electron chi connectivity index (χ4n) is 1.94. The Balaban J connectivity index is 2.04. The third-order valence-electron chi connectivity index (χ3n) is 2.83. The van der Waals surface area contributed by atoms with E-state index in [1.165, 1.54) is 24.5 Å². The lowest BCUT2D eigenvalue weighted by atomic mass is 10.1. The van der Waals surface area contributed by atoms with E-state index in [4.69, 9.17) is 0 Å². The highest BCUT2D eigenvalue weighted by Gasteiger charge is 2.35. The first kappa shape index (κ1) is 14.4. The molecule has 3 heterocycles. The number of carbonyl (C=O) groups excluding carboxylic acids is 1. The zero-order chi connectivity index (χ0) is 15.9. The summed E-state index contributed by atoms with van der Waals surface area (Å²) in [4.78, 5) is 14.5. The van der Waals surface area contributed by atoms with Gasteiger partial charge in [0.25, 0.3) is 5.91 Å². The van der Waals surface area contributed by atoms with Crippen molar-refractivity contribution in [3.8, 4) is 11.1 Å². The van der Waals surface area contributed by atoms with Gasteiger partial charge in [0.15, 0.2) is 21.7 Å². The van der Waals surface area contributed by atoms with Crippen molar-refractivity contribution in [2.24, 2.45) is 0 Å². The molecule has 2 aromatic heterocycles. The van der Waals surface area contributed by atoms with E-state index in [0.29, 0.717) is 0 Å². The molecule has 1 aliphatic rings. The summed E-state index contributed by atoms with van der Waals surface area (Å²) >= 11 is 0. The zero-order valence-electron chi connectivity index (χ0n) is 10.7. The Hall–Kier alpha value is -2.49. The number of rotatable bonds is 2. The molecule has 6 nitrogen and oxygen atoms in total. The van der Waals surface area contributed by atoms with E-state index in [9.17, 15) is 22.2 Å². The lowest BCUT2D eigenvalue weighted by Crippen LogP contribution is -2.17. The number of hydrogen-bond donors (Lipinski definition) is 1. The van der Waals surface area contributed by atoms with Crippen LogP contribution in [0.5, 0.6) is 0 Å². The Morgan fingerprint density at radius 1 is 1.32 bits per heavy atom. The second-order valence-corrected chi connectivity index (χ2v) is 5.45. The topological polar surface area (TPSA) is 76.9 Å². The molecule has 1 amide bonds. The van der Waals surface area contributed by atoms with E-state index in [0.717, 1.165) is 17.0 Å². The highest BCUT2D eigenvalue weighted by molar-refractivity contribution is 7.93. The van der Waals surface area contributed by atoms with Crippen LogP contribution in [0.2, 0.25) is 0 Å². The first-order valence-electron chi connectivity index (χ1n) is 5.88. The number of hydrogen-bond acceptors (Lipinski definition) is 4. The maximum Gasteiger partial charge on any atom is 0.433 e. The summed E-state index contributed by atoms with van der Waals surface area (Å²) in [5.74, 6) is -0.553. The van der Waals surface area contributed by atoms with Crippen molar-refractivity contribution >= 4 is 21.9 Å². The first-order chi connectivity index (χ1) is 10.4. The summed E-state index contributed by atoms with van der Waals surface area (Å²) in [7, 11) is -1.78. The largest absolute Gasteiger partial charge is 0.433 e. The minimum atomic E-state index is -4.61. The lowest BCUT2D eigenvalue weighted by Gasteiger charge is -2.09. The summed E-state index contributed by atoms with van der Waals surface area (Å²) in [5.41, 5.74) is -1.03. The Morgan fingerprint density at radius 2 is 2.09 bits per heavy atom. The van der Waals surface area contributed by atoms with Gasteiger partial charge in [-0.15, -0.1) is 0 Å². The summed E-state index contributed by atoms with van der Waals surface area (Å²) < 4.78 is 53.7. The number of carbonyl (C=O) groups is 1. The molecule has 0 saturated heterocycles. The minimum Gasteiger partial charge on any atom is -0.269 e. The quantitative estimate of drug-likeness (QED) is 0.907. The second kappa shape index (κ2) is 5.05. The van der Waals surface area contributed by atoms with Crippen molar-refractivity contribution in [1.29, 1.82) is 0 Å². The molecule has 0 aromatic carbocycles. The molecular weight excluding hydrogens is 321 g/mol. The van der Waals surface area contributed by atoms with Crippen LogP contribution in [0, 0.1) is 0 Å². The normalized spacial score (nSPS) is 18.2. The van der Waals surface area contributed by atoms with Gasteiger partial charge in [0.05, 0.1) is 6.20 Å². The van der Waals surface area contributed by atoms with E-state index in [1.54, 1.807) is 0 Å². The molecule has 2 aromatic rings. The molecule has 0 aliphatic carbocycles. The maximum atomic E-state index is 13.0. The number of nitrogens with one attached hydrogen (secondary N) is 1. The standard InChI is InChI=1S/C12H7F3N4O2S/c13-12(14,15)11-8(2-1-3-16-11)7-5-17-19(6-7)10-4-9(20)18-22(10)21/h1-6H,(H,18,20). The molecule has 0 radical (unpaired) electrons. The average Bonchev–Trinajstić information content (AvgIpc) is 3.04. The smallest absolute Gasteiger partial charge is 0.269 e. The van der Waals surface area contributed by atoms with Gasteiger partial charge in [0, 0.05) is 29.6 Å². The monoisotopic (exact) mass is 328 g/mol. The van der Waals surface area contributed by atoms with Gasteiger partial charge in [-0.25, -0.2) is 8.89 Å². The number of pyridine rings is 1. The van der Waals surface area contributed by atoms with Gasteiger partial charge >= 0.3 is 6.18 Å². The second-order valence-electron chi connectivity index (χ2n) is 4.29. The predicted molar refractivity (Wildman–Crippen MR) is 71.0 cm³/mol. The number of aromatic nitrogens is 3. The predicted octanol–water partition coefficient (Wildman–Crippen LogP) is 1.56. The Kier molecular flexibility index (Phi) is 3.32. The number of alkyl halides is 3. The number of amides is 1. The lowest BCUT2D eigenvalue weighted by molar-refractivity contribution is -0.140. The van der Waals surface area contributed by atoms with Crippen molar-refractivity contribution in [3.05, 3.63) is 42.5 Å². The van der Waals surface area contributed by atoms with Crippen molar-refractivity contribution in [2.75, 3.05) is 0 Å². The van der Waals surface area contributed by atoms with Crippen LogP contribution in [0.15, 0.2) is 36.8 Å². The van der Waals surface area contributed by atoms with Gasteiger partial charge in [-0.1, -0.05) is 6.07 Å². The fourth-order valence-corrected chi connectivity index (χ4v) is 2.77. The summed E-state index contributed by atoms with van der Waals surface area (Å²) in [6, 6.07) is 2.64. The maximum absolute atomic E-state index is 13.0. The average molecular weight is 328 g/mol. The van der Waals surface area contributed by atoms with E-state index in [2.05, 4.69) is 14.8 Å². The zero-order valence-corrected chi connectivity index (χ0v) is 11.5. The van der Waals surface area contributed by atoms with Crippen LogP contribution in [0.1, 0.15) is 5.69 Å². The van der Waals surface area contributed by atoms with Gasteiger partial charge in [-0.2, -0.15) is 18.3 Å². The van der Waals surface area contributed by atoms with Crippen molar-refractivity contribution < 1.29 is 22.2 Å². The molecule has 0 saturated carbocycles. The van der Waals surface area contributed by atoms with Gasteiger partial charge in [-0.3, -0.25) is 14.5 Å². The van der Waals surface area contributed by atoms with Gasteiger partial charge in [0.1, 0.15) is 0 Å². The van der Waals surface area contributed by atoms with Crippen LogP contribution in [-0.4, -0.2) is 24.9 Å². The van der Waals surface area contributed by atoms with E-state index >= 15 is 0 Å². The summed E-state index contributed by atoms with van der Waals surface area (Å²) in [6.45, 7) is 0. The molecule has 0 bridgehead atoms. The molecule has 0 fully saturated rings. The summed E-state index contributed by atoms with van der Waals surface area (Å²) in [5, 5.41) is 3.90.